The third-order valence-corrected chi connectivity index (χ3v) is 5.67. The van der Waals surface area contributed by atoms with Gasteiger partial charge in [-0.05, 0) is 36.6 Å². The Morgan fingerprint density at radius 3 is 2.64 bits per heavy atom. The highest BCUT2D eigenvalue weighted by atomic mass is 16.5. The lowest BCUT2D eigenvalue weighted by Crippen LogP contribution is -2.46. The Balaban J connectivity index is 1.98. The van der Waals surface area contributed by atoms with E-state index in [4.69, 9.17) is 9.47 Å². The van der Waals surface area contributed by atoms with Crippen LogP contribution in [-0.4, -0.2) is 32.8 Å². The molecule has 2 aliphatic rings. The molecule has 4 rings (SSSR count). The number of carbonyl (C=O) groups is 1. The van der Waals surface area contributed by atoms with Crippen LogP contribution in [0.4, 0.5) is 0 Å². The molecule has 0 spiro atoms. The first-order valence-corrected chi connectivity index (χ1v) is 8.73. The van der Waals surface area contributed by atoms with Gasteiger partial charge in [0.1, 0.15) is 11.0 Å². The van der Waals surface area contributed by atoms with Gasteiger partial charge in [0.15, 0.2) is 0 Å². The molecule has 1 saturated heterocycles. The molecule has 0 radical (unpaired) electrons. The summed E-state index contributed by atoms with van der Waals surface area (Å²) in [4.78, 5) is 13.1. The van der Waals surface area contributed by atoms with E-state index in [1.165, 1.54) is 12.7 Å². The summed E-state index contributed by atoms with van der Waals surface area (Å²) < 4.78 is 12.0. The number of methoxy groups -OCH3 is 1. The van der Waals surface area contributed by atoms with Gasteiger partial charge >= 0.3 is 5.97 Å². The van der Waals surface area contributed by atoms with E-state index in [0.717, 1.165) is 11.1 Å². The summed E-state index contributed by atoms with van der Waals surface area (Å²) in [5, 5.41) is 3.19. The van der Waals surface area contributed by atoms with Gasteiger partial charge in [0.25, 0.3) is 0 Å². The Kier molecular flexibility index (Phi) is 3.89. The number of hydrogen-bond acceptors (Lipinski definition) is 4. The first kappa shape index (κ1) is 16.3. The molecule has 3 atom stereocenters. The van der Waals surface area contributed by atoms with Gasteiger partial charge in [-0.1, -0.05) is 54.6 Å². The first-order chi connectivity index (χ1) is 12.2. The van der Waals surface area contributed by atoms with Crippen molar-refractivity contribution in [1.29, 1.82) is 0 Å². The summed E-state index contributed by atoms with van der Waals surface area (Å²) in [7, 11) is 3.38. The minimum atomic E-state index is -0.792. The number of ether oxygens (including phenoxy) is 2. The fourth-order valence-electron chi connectivity index (χ4n) is 4.81. The van der Waals surface area contributed by atoms with Gasteiger partial charge in [0.2, 0.25) is 0 Å². The van der Waals surface area contributed by atoms with Crippen LogP contribution in [0.2, 0.25) is 0 Å². The number of fused-ring (bicyclic) bond motifs is 3. The molecule has 0 saturated carbocycles. The number of nitrogens with one attached hydrogen (secondary N) is 1. The SMILES string of the molecule is CNC[C@@H]1C[C@]2(C(=O)OC)Cc3ccccc3[C@]2(c2ccccc2)O1. The zero-order valence-electron chi connectivity index (χ0n) is 14.6. The van der Waals surface area contributed by atoms with E-state index in [-0.39, 0.29) is 12.1 Å². The quantitative estimate of drug-likeness (QED) is 0.872. The highest BCUT2D eigenvalue weighted by Gasteiger charge is 2.69. The van der Waals surface area contributed by atoms with Crippen molar-refractivity contribution in [3.05, 3.63) is 71.3 Å². The lowest BCUT2D eigenvalue weighted by molar-refractivity contribution is -0.161. The second-order valence-corrected chi connectivity index (χ2v) is 6.96. The zero-order valence-corrected chi connectivity index (χ0v) is 14.6. The normalized spacial score (nSPS) is 29.9. The Morgan fingerprint density at radius 1 is 1.20 bits per heavy atom. The Hall–Kier alpha value is -2.17. The number of carbonyl (C=O) groups excluding carboxylic acids is 1. The lowest BCUT2D eigenvalue weighted by Gasteiger charge is -2.38. The lowest BCUT2D eigenvalue weighted by atomic mass is 9.68. The molecule has 25 heavy (non-hydrogen) atoms. The molecule has 4 nitrogen and oxygen atoms in total. The minimum absolute atomic E-state index is 0.0438. The highest BCUT2D eigenvalue weighted by molar-refractivity contribution is 5.83. The van der Waals surface area contributed by atoms with Gasteiger partial charge in [-0.25, -0.2) is 0 Å². The van der Waals surface area contributed by atoms with Crippen LogP contribution in [0.15, 0.2) is 54.6 Å². The average Bonchev–Trinajstić information content (AvgIpc) is 3.11. The zero-order chi connectivity index (χ0) is 17.5. The molecule has 2 aromatic rings. The smallest absolute Gasteiger partial charge is 0.315 e. The van der Waals surface area contributed by atoms with E-state index in [9.17, 15) is 4.79 Å². The number of benzene rings is 2. The van der Waals surface area contributed by atoms with Crippen LogP contribution in [0.5, 0.6) is 0 Å². The summed E-state index contributed by atoms with van der Waals surface area (Å²) >= 11 is 0. The summed E-state index contributed by atoms with van der Waals surface area (Å²) in [5.74, 6) is -0.189. The van der Waals surface area contributed by atoms with Crippen molar-refractivity contribution in [2.45, 2.75) is 24.5 Å². The second kappa shape index (κ2) is 5.97. The molecule has 1 aliphatic carbocycles. The van der Waals surface area contributed by atoms with Gasteiger partial charge in [0.05, 0.1) is 13.2 Å². The number of hydrogen-bond donors (Lipinski definition) is 1. The van der Waals surface area contributed by atoms with Gasteiger partial charge in [-0.2, -0.15) is 0 Å². The number of rotatable bonds is 4. The van der Waals surface area contributed by atoms with E-state index in [1.54, 1.807) is 0 Å². The molecule has 130 valence electrons. The third kappa shape index (κ3) is 2.11. The monoisotopic (exact) mass is 337 g/mol. The molecule has 4 heteroatoms. The average molecular weight is 337 g/mol. The van der Waals surface area contributed by atoms with E-state index in [0.29, 0.717) is 19.4 Å². The molecule has 1 heterocycles. The van der Waals surface area contributed by atoms with Crippen molar-refractivity contribution in [3.8, 4) is 0 Å². The Bertz CT molecular complexity index is 791. The molecular weight excluding hydrogens is 314 g/mol. The van der Waals surface area contributed by atoms with Crippen LogP contribution in [0.1, 0.15) is 23.1 Å². The topological polar surface area (TPSA) is 47.6 Å². The maximum atomic E-state index is 13.1. The second-order valence-electron chi connectivity index (χ2n) is 6.96. The number of esters is 1. The van der Waals surface area contributed by atoms with Gasteiger partial charge < -0.3 is 14.8 Å². The molecule has 0 aromatic heterocycles. The molecule has 0 amide bonds. The van der Waals surface area contributed by atoms with Crippen LogP contribution in [-0.2, 0) is 26.3 Å². The van der Waals surface area contributed by atoms with Crippen LogP contribution in [0.3, 0.4) is 0 Å². The van der Waals surface area contributed by atoms with E-state index >= 15 is 0 Å². The summed E-state index contributed by atoms with van der Waals surface area (Å²) in [5.41, 5.74) is 1.75. The predicted octanol–water partition coefficient (Wildman–Crippen LogP) is 2.65. The molecule has 0 bridgehead atoms. The maximum absolute atomic E-state index is 13.1. The van der Waals surface area contributed by atoms with Gasteiger partial charge in [-0.15, -0.1) is 0 Å². The highest BCUT2D eigenvalue weighted by Crippen LogP contribution is 2.63. The standard InChI is InChI=1S/C21H23NO3/c1-22-14-17-13-20(19(23)24-2)12-15-8-6-7-11-18(15)21(20,25-17)16-9-4-3-5-10-16/h3-11,17,22H,12-14H2,1-2H3/t17-,20-,21-/m0/s1. The fraction of sp³-hybridized carbons (Fsp3) is 0.381. The van der Waals surface area contributed by atoms with Crippen LogP contribution < -0.4 is 5.32 Å². The Labute approximate surface area is 148 Å². The molecule has 1 N–H and O–H groups in total. The number of likely N-dealkylation sites (N-methyl/N-ethyl adjacent to an activating group) is 1. The molecule has 0 unspecified atom stereocenters. The maximum Gasteiger partial charge on any atom is 0.315 e. The molecule has 2 aromatic carbocycles. The van der Waals surface area contributed by atoms with Gasteiger partial charge in [-0.3, -0.25) is 4.79 Å². The van der Waals surface area contributed by atoms with Crippen LogP contribution >= 0.6 is 0 Å². The van der Waals surface area contributed by atoms with E-state index in [2.05, 4.69) is 29.6 Å². The van der Waals surface area contributed by atoms with E-state index in [1.807, 2.05) is 37.4 Å². The molecule has 1 aliphatic heterocycles. The van der Waals surface area contributed by atoms with Gasteiger partial charge in [0, 0.05) is 6.54 Å². The van der Waals surface area contributed by atoms with Crippen molar-refractivity contribution >= 4 is 5.97 Å². The van der Waals surface area contributed by atoms with Crippen molar-refractivity contribution in [2.75, 3.05) is 20.7 Å². The molecule has 1 fully saturated rings. The summed E-state index contributed by atoms with van der Waals surface area (Å²) in [6.45, 7) is 0.704. The van der Waals surface area contributed by atoms with Crippen molar-refractivity contribution < 1.29 is 14.3 Å². The van der Waals surface area contributed by atoms with Crippen LogP contribution in [0, 0.1) is 5.41 Å². The van der Waals surface area contributed by atoms with Crippen molar-refractivity contribution in [2.24, 2.45) is 5.41 Å². The van der Waals surface area contributed by atoms with Crippen LogP contribution in [0.25, 0.3) is 0 Å². The fourth-order valence-corrected chi connectivity index (χ4v) is 4.81. The van der Waals surface area contributed by atoms with Crippen molar-refractivity contribution in [1.82, 2.24) is 5.32 Å². The predicted molar refractivity (Wildman–Crippen MR) is 95.2 cm³/mol. The van der Waals surface area contributed by atoms with Crippen molar-refractivity contribution in [3.63, 3.8) is 0 Å². The minimum Gasteiger partial charge on any atom is -0.468 e. The summed E-state index contributed by atoms with van der Waals surface area (Å²) in [6, 6.07) is 18.3. The molecular formula is C21H23NO3. The third-order valence-electron chi connectivity index (χ3n) is 5.67. The first-order valence-electron chi connectivity index (χ1n) is 8.73. The van der Waals surface area contributed by atoms with E-state index < -0.39 is 11.0 Å². The summed E-state index contributed by atoms with van der Waals surface area (Å²) in [6.07, 6.45) is 1.24. The Morgan fingerprint density at radius 2 is 1.92 bits per heavy atom. The largest absolute Gasteiger partial charge is 0.468 e.